The fourth-order valence-corrected chi connectivity index (χ4v) is 4.84. The third-order valence-electron chi connectivity index (χ3n) is 4.57. The van der Waals surface area contributed by atoms with E-state index >= 15 is 0 Å². The molecule has 3 rings (SSSR count). The summed E-state index contributed by atoms with van der Waals surface area (Å²) in [4.78, 5) is 14.1. The molecule has 8 nitrogen and oxygen atoms in total. The van der Waals surface area contributed by atoms with Gasteiger partial charge >= 0.3 is 6.03 Å². The van der Waals surface area contributed by atoms with Crippen molar-refractivity contribution in [1.82, 2.24) is 14.5 Å². The minimum atomic E-state index is -3.38. The molecule has 1 unspecified atom stereocenters. The van der Waals surface area contributed by atoms with Crippen LogP contribution in [-0.2, 0) is 19.5 Å². The SMILES string of the molecule is O=C(NCCS(=O)(=O)N1CCOCC1)N1CCOC(c2cccc(Br)c2)C1. The summed E-state index contributed by atoms with van der Waals surface area (Å²) in [5, 5.41) is 2.72. The molecule has 2 fully saturated rings. The maximum atomic E-state index is 12.4. The highest BCUT2D eigenvalue weighted by molar-refractivity contribution is 9.10. The number of urea groups is 1. The summed E-state index contributed by atoms with van der Waals surface area (Å²) in [6.45, 7) is 2.99. The minimum absolute atomic E-state index is 0.0808. The predicted molar refractivity (Wildman–Crippen MR) is 104 cm³/mol. The quantitative estimate of drug-likeness (QED) is 0.711. The van der Waals surface area contributed by atoms with Crippen LogP contribution in [0.2, 0.25) is 0 Å². The van der Waals surface area contributed by atoms with Crippen molar-refractivity contribution >= 4 is 32.0 Å². The first-order valence-electron chi connectivity index (χ1n) is 8.91. The average molecular weight is 462 g/mol. The molecule has 1 N–H and O–H groups in total. The van der Waals surface area contributed by atoms with Gasteiger partial charge in [-0.1, -0.05) is 28.1 Å². The van der Waals surface area contributed by atoms with Crippen LogP contribution in [0.5, 0.6) is 0 Å². The maximum absolute atomic E-state index is 12.4. The van der Waals surface area contributed by atoms with E-state index in [0.29, 0.717) is 46.0 Å². The molecule has 2 aliphatic heterocycles. The third kappa shape index (κ3) is 5.64. The second-order valence-electron chi connectivity index (χ2n) is 6.42. The molecular weight excluding hydrogens is 438 g/mol. The minimum Gasteiger partial charge on any atom is -0.379 e. The van der Waals surface area contributed by atoms with E-state index < -0.39 is 10.0 Å². The monoisotopic (exact) mass is 461 g/mol. The van der Waals surface area contributed by atoms with Crippen molar-refractivity contribution in [3.8, 4) is 0 Å². The summed E-state index contributed by atoms with van der Waals surface area (Å²) in [6.07, 6.45) is -0.195. The number of carbonyl (C=O) groups excluding carboxylic acids is 1. The Kier molecular flexibility index (Phi) is 7.10. The third-order valence-corrected chi connectivity index (χ3v) is 6.94. The highest BCUT2D eigenvalue weighted by Gasteiger charge is 2.27. The van der Waals surface area contributed by atoms with Gasteiger partial charge in [0.2, 0.25) is 10.0 Å². The Labute approximate surface area is 168 Å². The van der Waals surface area contributed by atoms with Gasteiger partial charge in [0, 0.05) is 30.7 Å². The molecular formula is C17H24BrN3O5S. The van der Waals surface area contributed by atoms with Crippen molar-refractivity contribution in [3.63, 3.8) is 0 Å². The number of halogens is 1. The molecule has 0 radical (unpaired) electrons. The topological polar surface area (TPSA) is 88.2 Å². The molecule has 0 aliphatic carbocycles. The Balaban J connectivity index is 1.49. The van der Waals surface area contributed by atoms with Crippen LogP contribution in [0.15, 0.2) is 28.7 Å². The van der Waals surface area contributed by atoms with Gasteiger partial charge in [0.15, 0.2) is 0 Å². The van der Waals surface area contributed by atoms with Crippen LogP contribution in [0, 0.1) is 0 Å². The highest BCUT2D eigenvalue weighted by Crippen LogP contribution is 2.24. The number of hydrogen-bond acceptors (Lipinski definition) is 5. The Hall–Kier alpha value is -1.20. The summed E-state index contributed by atoms with van der Waals surface area (Å²) < 4.78 is 37.9. The average Bonchev–Trinajstić information content (AvgIpc) is 2.68. The van der Waals surface area contributed by atoms with E-state index in [4.69, 9.17) is 9.47 Å². The van der Waals surface area contributed by atoms with Crippen molar-refractivity contribution in [2.45, 2.75) is 6.10 Å². The predicted octanol–water partition coefficient (Wildman–Crippen LogP) is 1.19. The second kappa shape index (κ2) is 9.33. The van der Waals surface area contributed by atoms with Crippen molar-refractivity contribution < 1.29 is 22.7 Å². The first-order valence-corrected chi connectivity index (χ1v) is 11.3. The molecule has 1 aromatic carbocycles. The number of nitrogens with one attached hydrogen (secondary N) is 1. The van der Waals surface area contributed by atoms with Gasteiger partial charge in [-0.05, 0) is 17.7 Å². The smallest absolute Gasteiger partial charge is 0.317 e. The van der Waals surface area contributed by atoms with Gasteiger partial charge < -0.3 is 19.7 Å². The van der Waals surface area contributed by atoms with Crippen LogP contribution in [0.1, 0.15) is 11.7 Å². The van der Waals surface area contributed by atoms with Crippen LogP contribution in [0.4, 0.5) is 4.79 Å². The molecule has 0 bridgehead atoms. The molecule has 150 valence electrons. The van der Waals surface area contributed by atoms with E-state index in [0.717, 1.165) is 10.0 Å². The van der Waals surface area contributed by atoms with Gasteiger partial charge in [0.1, 0.15) is 6.10 Å². The number of carbonyl (C=O) groups is 1. The molecule has 2 saturated heterocycles. The second-order valence-corrected chi connectivity index (χ2v) is 9.42. The van der Waals surface area contributed by atoms with Gasteiger partial charge in [-0.15, -0.1) is 0 Å². The molecule has 2 amide bonds. The van der Waals surface area contributed by atoms with Gasteiger partial charge in [-0.3, -0.25) is 0 Å². The summed E-state index contributed by atoms with van der Waals surface area (Å²) in [6, 6.07) is 7.53. The lowest BCUT2D eigenvalue weighted by molar-refractivity contribution is -0.0153. The van der Waals surface area contributed by atoms with Crippen LogP contribution >= 0.6 is 15.9 Å². The van der Waals surface area contributed by atoms with E-state index in [2.05, 4.69) is 21.2 Å². The molecule has 1 aromatic rings. The molecule has 0 spiro atoms. The molecule has 27 heavy (non-hydrogen) atoms. The molecule has 10 heteroatoms. The molecule has 2 heterocycles. The fourth-order valence-electron chi connectivity index (χ4n) is 3.09. The number of rotatable bonds is 5. The first kappa shape index (κ1) is 20.5. The Morgan fingerprint density at radius 2 is 2.00 bits per heavy atom. The lowest BCUT2D eigenvalue weighted by Gasteiger charge is -2.33. The summed E-state index contributed by atoms with van der Waals surface area (Å²) in [5.41, 5.74) is 0.997. The number of morpholine rings is 2. The fraction of sp³-hybridized carbons (Fsp3) is 0.588. The van der Waals surface area contributed by atoms with Gasteiger partial charge in [0.05, 0.1) is 32.1 Å². The lowest BCUT2D eigenvalue weighted by Crippen LogP contribution is -2.49. The maximum Gasteiger partial charge on any atom is 0.317 e. The van der Waals surface area contributed by atoms with Crippen molar-refractivity contribution in [3.05, 3.63) is 34.3 Å². The number of sulfonamides is 1. The number of amides is 2. The highest BCUT2D eigenvalue weighted by atomic mass is 79.9. The number of benzene rings is 1. The zero-order chi connectivity index (χ0) is 19.3. The van der Waals surface area contributed by atoms with Crippen molar-refractivity contribution in [1.29, 1.82) is 0 Å². The van der Waals surface area contributed by atoms with E-state index in [1.807, 2.05) is 24.3 Å². The van der Waals surface area contributed by atoms with E-state index in [1.54, 1.807) is 4.90 Å². The Morgan fingerprint density at radius 1 is 1.22 bits per heavy atom. The van der Waals surface area contributed by atoms with Crippen LogP contribution in [0.25, 0.3) is 0 Å². The van der Waals surface area contributed by atoms with Gasteiger partial charge in [-0.25, -0.2) is 13.2 Å². The molecule has 1 atom stereocenters. The summed E-state index contributed by atoms with van der Waals surface area (Å²) >= 11 is 3.44. The largest absolute Gasteiger partial charge is 0.379 e. The number of ether oxygens (including phenoxy) is 2. The van der Waals surface area contributed by atoms with E-state index in [1.165, 1.54) is 4.31 Å². The van der Waals surface area contributed by atoms with E-state index in [-0.39, 0.29) is 24.4 Å². The standard InChI is InChI=1S/C17H24BrN3O5S/c18-15-3-1-2-14(12-15)16-13-20(5-10-26-16)17(22)19-4-11-27(23,24)21-6-8-25-9-7-21/h1-3,12,16H,4-11,13H2,(H,19,22). The van der Waals surface area contributed by atoms with Gasteiger partial charge in [0.25, 0.3) is 0 Å². The Morgan fingerprint density at radius 3 is 2.74 bits per heavy atom. The van der Waals surface area contributed by atoms with Crippen molar-refractivity contribution in [2.75, 3.05) is 58.3 Å². The number of hydrogen-bond donors (Lipinski definition) is 1. The summed E-state index contributed by atoms with van der Waals surface area (Å²) in [7, 11) is -3.38. The zero-order valence-corrected chi connectivity index (χ0v) is 17.4. The molecule has 0 saturated carbocycles. The lowest BCUT2D eigenvalue weighted by atomic mass is 10.1. The zero-order valence-electron chi connectivity index (χ0n) is 15.0. The van der Waals surface area contributed by atoms with Crippen LogP contribution < -0.4 is 5.32 Å². The number of nitrogens with zero attached hydrogens (tertiary/aromatic N) is 2. The molecule has 2 aliphatic rings. The first-order chi connectivity index (χ1) is 13.0. The normalized spacial score (nSPS) is 21.8. The molecule has 0 aromatic heterocycles. The van der Waals surface area contributed by atoms with Crippen LogP contribution in [-0.4, -0.2) is 82.0 Å². The van der Waals surface area contributed by atoms with E-state index in [9.17, 15) is 13.2 Å². The Bertz CT molecular complexity index is 755. The van der Waals surface area contributed by atoms with Crippen LogP contribution in [0.3, 0.4) is 0 Å². The van der Waals surface area contributed by atoms with Crippen molar-refractivity contribution in [2.24, 2.45) is 0 Å². The summed E-state index contributed by atoms with van der Waals surface area (Å²) in [5.74, 6) is -0.113. The van der Waals surface area contributed by atoms with Gasteiger partial charge in [-0.2, -0.15) is 4.31 Å².